The first-order valence-electron chi connectivity index (χ1n) is 5.32. The third kappa shape index (κ3) is 2.87. The molecule has 0 heterocycles. The summed E-state index contributed by atoms with van der Waals surface area (Å²) in [4.78, 5) is 0. The first-order chi connectivity index (χ1) is 7.74. The van der Waals surface area contributed by atoms with E-state index in [0.29, 0.717) is 12.8 Å². The van der Waals surface area contributed by atoms with Crippen LogP contribution in [0.2, 0.25) is 0 Å². The van der Waals surface area contributed by atoms with E-state index in [-0.39, 0.29) is 12.6 Å². The number of aliphatic hydroxyl groups excluding tert-OH is 1. The van der Waals surface area contributed by atoms with E-state index in [4.69, 9.17) is 20.3 Å². The molecule has 16 heavy (non-hydrogen) atoms. The molecule has 0 amide bonds. The Kier molecular flexibility index (Phi) is 5.08. The topological polar surface area (TPSA) is 64.7 Å². The van der Waals surface area contributed by atoms with Gasteiger partial charge in [0.25, 0.3) is 0 Å². The number of aliphatic hydroxyl groups is 1. The molecule has 0 spiro atoms. The fraction of sp³-hybridized carbons (Fsp3) is 0.500. The average molecular weight is 225 g/mol. The van der Waals surface area contributed by atoms with Crippen molar-refractivity contribution in [1.29, 1.82) is 0 Å². The standard InChI is InChI=1S/C12H19NO3/c1-15-10-6-3-7-11(16-2)12(10)9(13)5-4-8-14/h3,6-7,9,14H,4-5,8,13H2,1-2H3/t9-/m1/s1. The normalized spacial score (nSPS) is 12.2. The maximum absolute atomic E-state index is 8.80. The minimum absolute atomic E-state index is 0.144. The van der Waals surface area contributed by atoms with Crippen molar-refractivity contribution in [3.8, 4) is 11.5 Å². The van der Waals surface area contributed by atoms with Crippen LogP contribution in [0.15, 0.2) is 18.2 Å². The number of hydrogen-bond acceptors (Lipinski definition) is 4. The highest BCUT2D eigenvalue weighted by atomic mass is 16.5. The van der Waals surface area contributed by atoms with Gasteiger partial charge in [-0.05, 0) is 25.0 Å². The molecule has 0 aliphatic carbocycles. The number of methoxy groups -OCH3 is 2. The van der Waals surface area contributed by atoms with Crippen LogP contribution in [0.1, 0.15) is 24.4 Å². The van der Waals surface area contributed by atoms with Gasteiger partial charge in [0.15, 0.2) is 0 Å². The van der Waals surface area contributed by atoms with Gasteiger partial charge in [-0.25, -0.2) is 0 Å². The second-order valence-corrected chi connectivity index (χ2v) is 3.55. The maximum atomic E-state index is 8.80. The van der Waals surface area contributed by atoms with Crippen molar-refractivity contribution >= 4 is 0 Å². The summed E-state index contributed by atoms with van der Waals surface area (Å²) in [6.07, 6.45) is 1.37. The summed E-state index contributed by atoms with van der Waals surface area (Å²) in [5.74, 6) is 1.45. The molecule has 4 heteroatoms. The number of ether oxygens (including phenoxy) is 2. The Hall–Kier alpha value is -1.26. The van der Waals surface area contributed by atoms with Crippen LogP contribution in [0.4, 0.5) is 0 Å². The van der Waals surface area contributed by atoms with E-state index in [2.05, 4.69) is 0 Å². The molecule has 4 nitrogen and oxygen atoms in total. The van der Waals surface area contributed by atoms with Crippen LogP contribution in [0.5, 0.6) is 11.5 Å². The van der Waals surface area contributed by atoms with E-state index in [1.807, 2.05) is 18.2 Å². The zero-order valence-electron chi connectivity index (χ0n) is 9.77. The molecule has 0 fully saturated rings. The summed E-state index contributed by atoms with van der Waals surface area (Å²) >= 11 is 0. The lowest BCUT2D eigenvalue weighted by molar-refractivity contribution is 0.278. The minimum atomic E-state index is -0.182. The van der Waals surface area contributed by atoms with E-state index in [0.717, 1.165) is 17.1 Å². The van der Waals surface area contributed by atoms with Crippen molar-refractivity contribution in [3.63, 3.8) is 0 Å². The molecule has 90 valence electrons. The fourth-order valence-electron chi connectivity index (χ4n) is 1.70. The summed E-state index contributed by atoms with van der Waals surface area (Å²) in [5, 5.41) is 8.80. The molecule has 0 saturated heterocycles. The molecule has 0 aliphatic heterocycles. The molecule has 1 aromatic rings. The summed E-state index contributed by atoms with van der Waals surface area (Å²) in [6, 6.07) is 5.39. The van der Waals surface area contributed by atoms with Gasteiger partial charge in [-0.15, -0.1) is 0 Å². The predicted molar refractivity (Wildman–Crippen MR) is 62.8 cm³/mol. The smallest absolute Gasteiger partial charge is 0.127 e. The van der Waals surface area contributed by atoms with Crippen molar-refractivity contribution < 1.29 is 14.6 Å². The van der Waals surface area contributed by atoms with Gasteiger partial charge < -0.3 is 20.3 Å². The quantitative estimate of drug-likeness (QED) is 0.769. The number of rotatable bonds is 6. The largest absolute Gasteiger partial charge is 0.496 e. The monoisotopic (exact) mass is 225 g/mol. The Morgan fingerprint density at radius 2 is 1.81 bits per heavy atom. The van der Waals surface area contributed by atoms with Crippen LogP contribution in [0, 0.1) is 0 Å². The van der Waals surface area contributed by atoms with Crippen LogP contribution in [-0.2, 0) is 0 Å². The first kappa shape index (κ1) is 12.8. The summed E-state index contributed by atoms with van der Waals surface area (Å²) in [7, 11) is 3.22. The van der Waals surface area contributed by atoms with Gasteiger partial charge in [-0.2, -0.15) is 0 Å². The summed E-state index contributed by atoms with van der Waals surface area (Å²) in [5.41, 5.74) is 6.92. The second kappa shape index (κ2) is 6.35. The van der Waals surface area contributed by atoms with Gasteiger partial charge in [-0.3, -0.25) is 0 Å². The van der Waals surface area contributed by atoms with Gasteiger partial charge in [-0.1, -0.05) is 6.07 Å². The van der Waals surface area contributed by atoms with Gasteiger partial charge in [0.05, 0.1) is 19.8 Å². The highest BCUT2D eigenvalue weighted by Gasteiger charge is 2.16. The molecule has 3 N–H and O–H groups in total. The van der Waals surface area contributed by atoms with Gasteiger partial charge in [0.2, 0.25) is 0 Å². The molecule has 1 atom stereocenters. The van der Waals surface area contributed by atoms with Crippen LogP contribution < -0.4 is 15.2 Å². The number of nitrogens with two attached hydrogens (primary N) is 1. The van der Waals surface area contributed by atoms with E-state index < -0.39 is 0 Å². The highest BCUT2D eigenvalue weighted by molar-refractivity contribution is 5.46. The lowest BCUT2D eigenvalue weighted by Crippen LogP contribution is -2.13. The van der Waals surface area contributed by atoms with E-state index in [1.54, 1.807) is 14.2 Å². The van der Waals surface area contributed by atoms with Crippen LogP contribution >= 0.6 is 0 Å². The predicted octanol–water partition coefficient (Wildman–Crippen LogP) is 1.48. The summed E-state index contributed by atoms with van der Waals surface area (Å²) in [6.45, 7) is 0.144. The van der Waals surface area contributed by atoms with E-state index in [9.17, 15) is 0 Å². The lowest BCUT2D eigenvalue weighted by Gasteiger charge is -2.18. The third-order valence-corrected chi connectivity index (χ3v) is 2.51. The molecular formula is C12H19NO3. The van der Waals surface area contributed by atoms with Crippen LogP contribution in [-0.4, -0.2) is 25.9 Å². The van der Waals surface area contributed by atoms with Crippen molar-refractivity contribution in [3.05, 3.63) is 23.8 Å². The van der Waals surface area contributed by atoms with E-state index in [1.165, 1.54) is 0 Å². The van der Waals surface area contributed by atoms with Gasteiger partial charge >= 0.3 is 0 Å². The average Bonchev–Trinajstić information content (AvgIpc) is 2.34. The molecule has 0 saturated carbocycles. The molecule has 0 unspecified atom stereocenters. The fourth-order valence-corrected chi connectivity index (χ4v) is 1.70. The van der Waals surface area contributed by atoms with Crippen molar-refractivity contribution in [2.45, 2.75) is 18.9 Å². The molecule has 1 rings (SSSR count). The molecule has 0 bridgehead atoms. The molecule has 1 aromatic carbocycles. The third-order valence-electron chi connectivity index (χ3n) is 2.51. The Balaban J connectivity index is 2.97. The maximum Gasteiger partial charge on any atom is 0.127 e. The number of benzene rings is 1. The van der Waals surface area contributed by atoms with Crippen molar-refractivity contribution in [2.75, 3.05) is 20.8 Å². The highest BCUT2D eigenvalue weighted by Crippen LogP contribution is 2.34. The SMILES string of the molecule is COc1cccc(OC)c1[C@H](N)CCCO. The molecule has 0 radical (unpaired) electrons. The van der Waals surface area contributed by atoms with Crippen molar-refractivity contribution in [1.82, 2.24) is 0 Å². The summed E-state index contributed by atoms with van der Waals surface area (Å²) < 4.78 is 10.5. The Morgan fingerprint density at radius 3 is 2.25 bits per heavy atom. The Bertz CT molecular complexity index is 306. The van der Waals surface area contributed by atoms with Crippen LogP contribution in [0.3, 0.4) is 0 Å². The zero-order valence-corrected chi connectivity index (χ0v) is 9.77. The number of hydrogen-bond donors (Lipinski definition) is 2. The van der Waals surface area contributed by atoms with Crippen molar-refractivity contribution in [2.24, 2.45) is 5.73 Å². The lowest BCUT2D eigenvalue weighted by atomic mass is 10.0. The molecule has 0 aromatic heterocycles. The van der Waals surface area contributed by atoms with Crippen LogP contribution in [0.25, 0.3) is 0 Å². The van der Waals surface area contributed by atoms with Gasteiger partial charge in [0.1, 0.15) is 11.5 Å². The van der Waals surface area contributed by atoms with Gasteiger partial charge in [0, 0.05) is 12.6 Å². The van der Waals surface area contributed by atoms with E-state index >= 15 is 0 Å². The zero-order chi connectivity index (χ0) is 12.0. The first-order valence-corrected chi connectivity index (χ1v) is 5.32. The Morgan fingerprint density at radius 1 is 1.25 bits per heavy atom. The minimum Gasteiger partial charge on any atom is -0.496 e. The molecule has 0 aliphatic rings. The second-order valence-electron chi connectivity index (χ2n) is 3.55. The molecular weight excluding hydrogens is 206 g/mol. The Labute approximate surface area is 96.0 Å².